The minimum atomic E-state index is -0.347. The minimum Gasteiger partial charge on any atom is -0.459 e. The lowest BCUT2D eigenvalue weighted by atomic mass is 10.0. The quantitative estimate of drug-likeness (QED) is 0.274. The van der Waals surface area contributed by atoms with Crippen LogP contribution in [0.25, 0.3) is 33.3 Å². The number of furan rings is 1. The molecule has 2 N–H and O–H groups in total. The molecule has 36 heavy (non-hydrogen) atoms. The third kappa shape index (κ3) is 4.21. The van der Waals surface area contributed by atoms with Gasteiger partial charge in [-0.1, -0.05) is 36.4 Å². The van der Waals surface area contributed by atoms with Gasteiger partial charge in [0.1, 0.15) is 17.1 Å². The van der Waals surface area contributed by atoms with E-state index in [0.717, 1.165) is 44.8 Å². The van der Waals surface area contributed by atoms with E-state index in [0.29, 0.717) is 5.69 Å². The second kappa shape index (κ2) is 9.23. The number of nitrogens with zero attached hydrogens (tertiary/aromatic N) is 2. The number of pyridine rings is 2. The lowest BCUT2D eigenvalue weighted by Gasteiger charge is -2.11. The number of aromatic amines is 1. The highest BCUT2D eigenvalue weighted by molar-refractivity contribution is 6.04. The molecule has 6 aromatic rings. The molecule has 0 saturated carbocycles. The fraction of sp³-hybridized carbons (Fsp3) is 0. The maximum absolute atomic E-state index is 12.6. The maximum atomic E-state index is 12.6. The van der Waals surface area contributed by atoms with Gasteiger partial charge in [-0.2, -0.15) is 0 Å². The molecule has 7 heteroatoms. The summed E-state index contributed by atoms with van der Waals surface area (Å²) in [5, 5.41) is 3.69. The molecule has 0 atom stereocenters. The van der Waals surface area contributed by atoms with Crippen LogP contribution < -0.4 is 10.1 Å². The molecule has 0 radical (unpaired) electrons. The second-order valence-electron chi connectivity index (χ2n) is 8.13. The minimum absolute atomic E-state index is 0.203. The van der Waals surface area contributed by atoms with Crippen molar-refractivity contribution in [2.24, 2.45) is 0 Å². The molecule has 2 aromatic carbocycles. The average molecular weight is 473 g/mol. The van der Waals surface area contributed by atoms with Gasteiger partial charge in [0.05, 0.1) is 18.1 Å². The Labute approximate surface area is 206 Å². The molecule has 0 aliphatic rings. The van der Waals surface area contributed by atoms with Crippen LogP contribution in [0.1, 0.15) is 10.6 Å². The van der Waals surface area contributed by atoms with Crippen LogP contribution in [0.4, 0.5) is 5.69 Å². The first-order valence-corrected chi connectivity index (χ1v) is 11.3. The summed E-state index contributed by atoms with van der Waals surface area (Å²) >= 11 is 0. The molecule has 0 aliphatic heterocycles. The van der Waals surface area contributed by atoms with Gasteiger partial charge in [-0.05, 0) is 42.5 Å². The van der Waals surface area contributed by atoms with Crippen molar-refractivity contribution >= 4 is 22.6 Å². The van der Waals surface area contributed by atoms with Gasteiger partial charge in [-0.3, -0.25) is 9.78 Å². The molecular formula is C29H20N4O3. The zero-order valence-corrected chi connectivity index (χ0v) is 19.0. The van der Waals surface area contributed by atoms with Gasteiger partial charge >= 0.3 is 0 Å². The number of fused-ring (bicyclic) bond motifs is 1. The monoisotopic (exact) mass is 472 g/mol. The normalized spacial score (nSPS) is 10.9. The molecule has 0 unspecified atom stereocenters. The number of para-hydroxylation sites is 2. The Morgan fingerprint density at radius 2 is 1.75 bits per heavy atom. The topological polar surface area (TPSA) is 93.0 Å². The first kappa shape index (κ1) is 21.4. The van der Waals surface area contributed by atoms with E-state index in [-0.39, 0.29) is 11.7 Å². The van der Waals surface area contributed by atoms with E-state index in [4.69, 9.17) is 9.15 Å². The molecule has 7 nitrogen and oxygen atoms in total. The summed E-state index contributed by atoms with van der Waals surface area (Å²) in [4.78, 5) is 24.5. The van der Waals surface area contributed by atoms with Crippen molar-refractivity contribution in [3.05, 3.63) is 116 Å². The Kier molecular flexibility index (Phi) is 5.48. The van der Waals surface area contributed by atoms with E-state index in [2.05, 4.69) is 26.3 Å². The number of nitrogens with one attached hydrogen (secondary N) is 2. The van der Waals surface area contributed by atoms with Gasteiger partial charge in [0, 0.05) is 46.2 Å². The van der Waals surface area contributed by atoms with Crippen LogP contribution >= 0.6 is 0 Å². The summed E-state index contributed by atoms with van der Waals surface area (Å²) in [6.45, 7) is 0. The van der Waals surface area contributed by atoms with Gasteiger partial charge in [0.2, 0.25) is 0 Å². The van der Waals surface area contributed by atoms with Crippen LogP contribution in [0.5, 0.6) is 11.5 Å². The van der Waals surface area contributed by atoms with Gasteiger partial charge in [-0.15, -0.1) is 0 Å². The zero-order chi connectivity index (χ0) is 24.3. The summed E-state index contributed by atoms with van der Waals surface area (Å²) in [5.74, 6) is 1.35. The zero-order valence-electron chi connectivity index (χ0n) is 19.0. The molecule has 4 aromatic heterocycles. The lowest BCUT2D eigenvalue weighted by Crippen LogP contribution is -2.10. The summed E-state index contributed by atoms with van der Waals surface area (Å²) in [6, 6.07) is 24.8. The number of rotatable bonds is 6. The van der Waals surface area contributed by atoms with Crippen LogP contribution in [0, 0.1) is 0 Å². The fourth-order valence-corrected chi connectivity index (χ4v) is 4.03. The molecule has 0 spiro atoms. The van der Waals surface area contributed by atoms with Crippen LogP contribution in [0.15, 0.2) is 114 Å². The highest BCUT2D eigenvalue weighted by Crippen LogP contribution is 2.36. The number of hydrogen-bond acceptors (Lipinski definition) is 5. The van der Waals surface area contributed by atoms with Gasteiger partial charge in [-0.25, -0.2) is 4.98 Å². The first-order valence-electron chi connectivity index (χ1n) is 11.3. The summed E-state index contributed by atoms with van der Waals surface area (Å²) < 4.78 is 11.7. The largest absolute Gasteiger partial charge is 0.459 e. The Morgan fingerprint density at radius 3 is 2.61 bits per heavy atom. The van der Waals surface area contributed by atoms with Crippen LogP contribution in [-0.4, -0.2) is 20.9 Å². The van der Waals surface area contributed by atoms with E-state index in [1.807, 2.05) is 67.0 Å². The molecule has 0 saturated heterocycles. The number of carbonyl (C=O) groups is 1. The maximum Gasteiger partial charge on any atom is 0.291 e. The van der Waals surface area contributed by atoms with Crippen molar-refractivity contribution < 1.29 is 13.9 Å². The predicted octanol–water partition coefficient (Wildman–Crippen LogP) is 6.93. The first-order chi connectivity index (χ1) is 17.7. The van der Waals surface area contributed by atoms with E-state index in [1.54, 1.807) is 36.9 Å². The van der Waals surface area contributed by atoms with Crippen molar-refractivity contribution in [3.8, 4) is 33.8 Å². The van der Waals surface area contributed by atoms with Crippen LogP contribution in [0.2, 0.25) is 0 Å². The summed E-state index contributed by atoms with van der Waals surface area (Å²) in [5.41, 5.74) is 4.81. The number of amides is 1. The molecule has 0 bridgehead atoms. The number of carbonyl (C=O) groups excluding carboxylic acids is 1. The van der Waals surface area contributed by atoms with Gasteiger partial charge in [0.25, 0.3) is 5.91 Å². The predicted molar refractivity (Wildman–Crippen MR) is 138 cm³/mol. The van der Waals surface area contributed by atoms with Crippen LogP contribution in [-0.2, 0) is 0 Å². The molecule has 174 valence electrons. The Hall–Kier alpha value is -5.17. The third-order valence-corrected chi connectivity index (χ3v) is 5.75. The smallest absolute Gasteiger partial charge is 0.291 e. The molecule has 1 amide bonds. The fourth-order valence-electron chi connectivity index (χ4n) is 4.03. The molecule has 4 heterocycles. The van der Waals surface area contributed by atoms with Crippen molar-refractivity contribution in [1.29, 1.82) is 0 Å². The van der Waals surface area contributed by atoms with Gasteiger partial charge < -0.3 is 19.5 Å². The molecule has 0 fully saturated rings. The molecule has 0 aliphatic carbocycles. The highest BCUT2D eigenvalue weighted by atomic mass is 16.5. The van der Waals surface area contributed by atoms with Crippen molar-refractivity contribution in [3.63, 3.8) is 0 Å². The number of aromatic nitrogens is 3. The van der Waals surface area contributed by atoms with E-state index >= 15 is 0 Å². The number of anilines is 1. The highest BCUT2D eigenvalue weighted by Gasteiger charge is 2.16. The molecule has 6 rings (SSSR count). The van der Waals surface area contributed by atoms with Gasteiger partial charge in [0.15, 0.2) is 5.76 Å². The number of benzene rings is 2. The standard InChI is InChI=1S/C29H20N4O3/c34-29(33-21-7-6-12-30-16-21)27-14-20(18-35-27)25-17-32-28-24(25)13-19(15-31-28)23-10-4-5-11-26(23)36-22-8-2-1-3-9-22/h1-18H,(H,31,32)(H,33,34). The summed E-state index contributed by atoms with van der Waals surface area (Å²) in [6.07, 6.45) is 8.47. The van der Waals surface area contributed by atoms with Crippen molar-refractivity contribution in [2.45, 2.75) is 0 Å². The second-order valence-corrected chi connectivity index (χ2v) is 8.13. The Balaban J connectivity index is 1.32. The van der Waals surface area contributed by atoms with Crippen molar-refractivity contribution in [1.82, 2.24) is 15.0 Å². The molecular weight excluding hydrogens is 452 g/mol. The van der Waals surface area contributed by atoms with E-state index in [9.17, 15) is 4.79 Å². The Morgan fingerprint density at radius 1 is 0.889 bits per heavy atom. The summed E-state index contributed by atoms with van der Waals surface area (Å²) in [7, 11) is 0. The lowest BCUT2D eigenvalue weighted by molar-refractivity contribution is 0.0996. The number of hydrogen-bond donors (Lipinski definition) is 2. The third-order valence-electron chi connectivity index (χ3n) is 5.75. The van der Waals surface area contributed by atoms with Crippen molar-refractivity contribution in [2.75, 3.05) is 5.32 Å². The number of H-pyrrole nitrogens is 1. The Bertz CT molecular complexity index is 1660. The SMILES string of the molecule is O=C(Nc1cccnc1)c1cc(-c2c[nH]c3ncc(-c4ccccc4Oc4ccccc4)cc23)co1. The van der Waals surface area contributed by atoms with E-state index < -0.39 is 0 Å². The van der Waals surface area contributed by atoms with E-state index in [1.165, 1.54) is 0 Å². The number of ether oxygens (including phenoxy) is 1. The average Bonchev–Trinajstić information content (AvgIpc) is 3.57. The van der Waals surface area contributed by atoms with Crippen LogP contribution in [0.3, 0.4) is 0 Å².